The highest BCUT2D eigenvalue weighted by molar-refractivity contribution is 6.05. The Labute approximate surface area is 392 Å². The number of piperidine rings is 1. The standard InChI is InChI=1S/C46H60N14O8/c1-6-58-34(18-26(3)54-58)43(64)52-45-50-32-20-28(41(47)62)22-36(67-17-9-13-49-38(61)24-56-15-11-31(66-5)12-16-56)39(32)57(45)14-8-10-30-25-68-37-23-29(42(48)63)21-33-40(37)60(30)46(51-33)53-44(65)35-19-27(4)55-59(35)7-2/h18-23,30-31,41,62H,6-17,24-25,47H2,1-5H3,(H2,48,63)(H,49,61)(H,50,52,64)(H,51,53,65)/t30-,41?/m0/s1. The van der Waals surface area contributed by atoms with Crippen LogP contribution < -0.4 is 36.9 Å². The molecule has 6 heterocycles. The molecule has 0 spiro atoms. The third kappa shape index (κ3) is 10.2. The zero-order chi connectivity index (χ0) is 48.2. The van der Waals surface area contributed by atoms with Crippen LogP contribution in [0.3, 0.4) is 0 Å². The van der Waals surface area contributed by atoms with Crippen LogP contribution >= 0.6 is 0 Å². The van der Waals surface area contributed by atoms with Gasteiger partial charge in [-0.25, -0.2) is 9.97 Å². The van der Waals surface area contributed by atoms with E-state index in [0.717, 1.165) is 25.9 Å². The average molecular weight is 937 g/mol. The van der Waals surface area contributed by atoms with Gasteiger partial charge in [0.1, 0.15) is 46.8 Å². The normalized spacial score (nSPS) is 15.7. The van der Waals surface area contributed by atoms with Gasteiger partial charge >= 0.3 is 0 Å². The van der Waals surface area contributed by atoms with Gasteiger partial charge in [-0.05, 0) is 96.2 Å². The number of nitrogens with zero attached hydrogens (tertiary/aromatic N) is 9. The number of carbonyl (C=O) groups excluding carboxylic acids is 4. The zero-order valence-electron chi connectivity index (χ0n) is 39.1. The highest BCUT2D eigenvalue weighted by Gasteiger charge is 2.31. The third-order valence-corrected chi connectivity index (χ3v) is 12.4. The molecule has 8 rings (SSSR count). The molecule has 0 bridgehead atoms. The number of aromatic nitrogens is 8. The molecule has 362 valence electrons. The van der Waals surface area contributed by atoms with Crippen LogP contribution in [0.1, 0.15) is 107 Å². The number of nitrogens with one attached hydrogen (secondary N) is 3. The smallest absolute Gasteiger partial charge is 0.276 e. The van der Waals surface area contributed by atoms with Crippen LogP contribution in [0.4, 0.5) is 11.9 Å². The average Bonchev–Trinajstić information content (AvgIpc) is 4.09. The molecule has 2 aromatic carbocycles. The van der Waals surface area contributed by atoms with Crippen molar-refractivity contribution in [1.29, 1.82) is 0 Å². The van der Waals surface area contributed by atoms with Gasteiger partial charge < -0.3 is 45.2 Å². The Morgan fingerprint density at radius 1 is 0.882 bits per heavy atom. The van der Waals surface area contributed by atoms with Crippen LogP contribution in [0, 0.1) is 13.8 Å². The van der Waals surface area contributed by atoms with Crippen molar-refractivity contribution in [2.45, 2.75) is 97.8 Å². The molecule has 22 heteroatoms. The Kier molecular flexibility index (Phi) is 14.4. The number of anilines is 2. The lowest BCUT2D eigenvalue weighted by Crippen LogP contribution is -2.43. The van der Waals surface area contributed by atoms with Crippen LogP contribution in [0.15, 0.2) is 36.4 Å². The second-order valence-electron chi connectivity index (χ2n) is 17.2. The Morgan fingerprint density at radius 3 is 2.16 bits per heavy atom. The number of primary amides is 1. The van der Waals surface area contributed by atoms with Gasteiger partial charge in [0.05, 0.1) is 47.7 Å². The maximum atomic E-state index is 13.9. The first kappa shape index (κ1) is 47.6. The first-order chi connectivity index (χ1) is 32.7. The van der Waals surface area contributed by atoms with Gasteiger partial charge in [-0.2, -0.15) is 10.2 Å². The molecule has 4 aromatic heterocycles. The molecule has 1 unspecified atom stereocenters. The summed E-state index contributed by atoms with van der Waals surface area (Å²) in [5.41, 5.74) is 16.3. The van der Waals surface area contributed by atoms with E-state index in [2.05, 4.69) is 31.0 Å². The molecule has 0 aliphatic carbocycles. The number of fused-ring (bicyclic) bond motifs is 1. The van der Waals surface area contributed by atoms with Gasteiger partial charge in [0.15, 0.2) is 0 Å². The number of imidazole rings is 2. The summed E-state index contributed by atoms with van der Waals surface area (Å²) in [5.74, 6) is -0.261. The van der Waals surface area contributed by atoms with E-state index in [1.165, 1.54) is 0 Å². The lowest BCUT2D eigenvalue weighted by Gasteiger charge is -2.30. The van der Waals surface area contributed by atoms with Crippen LogP contribution in [0.5, 0.6) is 11.5 Å². The quantitative estimate of drug-likeness (QED) is 0.0473. The molecule has 1 fully saturated rings. The van der Waals surface area contributed by atoms with E-state index in [9.17, 15) is 24.3 Å². The van der Waals surface area contributed by atoms with E-state index in [4.69, 9.17) is 35.6 Å². The van der Waals surface area contributed by atoms with E-state index in [1.807, 2.05) is 36.8 Å². The Bertz CT molecular complexity index is 2830. The molecule has 0 saturated carbocycles. The molecule has 2 aliphatic rings. The van der Waals surface area contributed by atoms with Crippen molar-refractivity contribution in [3.63, 3.8) is 0 Å². The first-order valence-corrected chi connectivity index (χ1v) is 23.1. The fraction of sp³-hybridized carbons (Fsp3) is 0.478. The number of ether oxygens (including phenoxy) is 3. The number of methoxy groups -OCH3 is 1. The van der Waals surface area contributed by atoms with E-state index in [-0.39, 0.29) is 48.7 Å². The second-order valence-corrected chi connectivity index (χ2v) is 17.2. The maximum absolute atomic E-state index is 13.9. The zero-order valence-corrected chi connectivity index (χ0v) is 39.1. The summed E-state index contributed by atoms with van der Waals surface area (Å²) >= 11 is 0. The fourth-order valence-electron chi connectivity index (χ4n) is 9.01. The number of aryl methyl sites for hydroxylation is 5. The van der Waals surface area contributed by atoms with Gasteiger partial charge in [0, 0.05) is 57.5 Å². The van der Waals surface area contributed by atoms with E-state index in [0.29, 0.717) is 114 Å². The van der Waals surface area contributed by atoms with E-state index in [1.54, 1.807) is 52.9 Å². The summed E-state index contributed by atoms with van der Waals surface area (Å²) in [6.07, 6.45) is 2.13. The molecule has 8 N–H and O–H groups in total. The van der Waals surface area contributed by atoms with Crippen molar-refractivity contribution in [2.24, 2.45) is 11.5 Å². The van der Waals surface area contributed by atoms with Crippen LogP contribution in [0.25, 0.3) is 22.1 Å². The van der Waals surface area contributed by atoms with Crippen molar-refractivity contribution in [3.05, 3.63) is 70.3 Å². The lowest BCUT2D eigenvalue weighted by molar-refractivity contribution is -0.122. The highest BCUT2D eigenvalue weighted by atomic mass is 16.5. The second kappa shape index (κ2) is 20.6. The van der Waals surface area contributed by atoms with Crippen molar-refractivity contribution >= 4 is 57.6 Å². The molecule has 6 aromatic rings. The maximum Gasteiger partial charge on any atom is 0.276 e. The van der Waals surface area contributed by atoms with Gasteiger partial charge in [-0.3, -0.25) is 44.1 Å². The molecular weight excluding hydrogens is 877 g/mol. The highest BCUT2D eigenvalue weighted by Crippen LogP contribution is 2.39. The van der Waals surface area contributed by atoms with Crippen LogP contribution in [-0.4, -0.2) is 125 Å². The van der Waals surface area contributed by atoms with Gasteiger partial charge in [-0.1, -0.05) is 0 Å². The minimum Gasteiger partial charge on any atom is -0.491 e. The number of hydrogen-bond acceptors (Lipinski definition) is 14. The number of carbonyl (C=O) groups is 4. The number of nitrogens with two attached hydrogens (primary N) is 2. The molecule has 1 saturated heterocycles. The number of aliphatic hydroxyl groups excluding tert-OH is 1. The van der Waals surface area contributed by atoms with E-state index < -0.39 is 23.9 Å². The largest absolute Gasteiger partial charge is 0.491 e. The van der Waals surface area contributed by atoms with Crippen molar-refractivity contribution in [2.75, 3.05) is 57.1 Å². The number of hydrogen-bond donors (Lipinski definition) is 6. The molecule has 0 radical (unpaired) electrons. The summed E-state index contributed by atoms with van der Waals surface area (Å²) in [7, 11) is 1.72. The van der Waals surface area contributed by atoms with Crippen molar-refractivity contribution < 1.29 is 38.5 Å². The SMILES string of the molecule is CCn1nc(C)cc1C(=O)Nc1nc2cc(C(N)O)cc(OCCCNC(=O)CN3CCC(OC)CC3)c2n1CCC[C@H]1COc2cc(C(N)=O)cc3nc(NC(=O)c4cc(C)nn4CC)n1c23. The first-order valence-electron chi connectivity index (χ1n) is 23.1. The monoisotopic (exact) mass is 936 g/mol. The number of amides is 4. The van der Waals surface area contributed by atoms with Gasteiger partial charge in [-0.15, -0.1) is 0 Å². The number of benzene rings is 2. The predicted molar refractivity (Wildman–Crippen MR) is 252 cm³/mol. The lowest BCUT2D eigenvalue weighted by atomic mass is 10.1. The molecule has 22 nitrogen and oxygen atoms in total. The topological polar surface area (TPSA) is 279 Å². The van der Waals surface area contributed by atoms with E-state index >= 15 is 0 Å². The van der Waals surface area contributed by atoms with Gasteiger partial charge in [0.25, 0.3) is 11.8 Å². The Balaban J connectivity index is 1.06. The molecule has 4 amide bonds. The Morgan fingerprint density at radius 2 is 1.53 bits per heavy atom. The third-order valence-electron chi connectivity index (χ3n) is 12.4. The molecule has 2 aliphatic heterocycles. The number of likely N-dealkylation sites (tertiary alicyclic amines) is 1. The summed E-state index contributed by atoms with van der Waals surface area (Å²) in [5, 5.41) is 28.4. The number of aliphatic hydroxyl groups is 1. The van der Waals surface area contributed by atoms with Crippen LogP contribution in [0.2, 0.25) is 0 Å². The van der Waals surface area contributed by atoms with Crippen LogP contribution in [-0.2, 0) is 29.2 Å². The Hall–Kier alpha value is -6.88. The summed E-state index contributed by atoms with van der Waals surface area (Å²) in [6.45, 7) is 11.4. The molecule has 68 heavy (non-hydrogen) atoms. The van der Waals surface area contributed by atoms with Crippen molar-refractivity contribution in [3.8, 4) is 11.5 Å². The fourth-order valence-corrected chi connectivity index (χ4v) is 9.01. The van der Waals surface area contributed by atoms with Gasteiger partial charge in [0.2, 0.25) is 23.7 Å². The summed E-state index contributed by atoms with van der Waals surface area (Å²) in [6, 6.07) is 9.53. The van der Waals surface area contributed by atoms with Crippen molar-refractivity contribution in [1.82, 2.24) is 48.9 Å². The molecule has 2 atom stereocenters. The summed E-state index contributed by atoms with van der Waals surface area (Å²) in [4.78, 5) is 64.6. The minimum atomic E-state index is -1.35. The minimum absolute atomic E-state index is 0.0678. The molecular formula is C46H60N14O8. The number of rotatable bonds is 20. The summed E-state index contributed by atoms with van der Waals surface area (Å²) < 4.78 is 25.1. The predicted octanol–water partition coefficient (Wildman–Crippen LogP) is 3.40.